The minimum atomic E-state index is -0.691. The Bertz CT molecular complexity index is 1310. The van der Waals surface area contributed by atoms with Gasteiger partial charge in [-0.05, 0) is 75.6 Å². The van der Waals surface area contributed by atoms with Gasteiger partial charge in [-0.25, -0.2) is 14.6 Å². The standard InChI is InChI=1S/C28H36Cl2N6O2/c1-17-15-35(12-10-24(17)34-11-4-5-20(16-34)6-9-26(37)38)25-14-31-27-18(2)33-36(28(27)32-25)19(3)22-8-7-21(29)13-23(22)30/h7-8,13-14,17,19-20,24H,4-6,9-12,15-16H2,1-3H3,(H,37,38)/t17?,19-,20?,24?/m1/s1. The van der Waals surface area contributed by atoms with Gasteiger partial charge in [0.1, 0.15) is 11.3 Å². The third-order valence-corrected chi connectivity index (χ3v) is 8.87. The first-order valence-electron chi connectivity index (χ1n) is 13.6. The number of hydrogen-bond donors (Lipinski definition) is 1. The lowest BCUT2D eigenvalue weighted by Crippen LogP contribution is -2.53. The molecule has 0 radical (unpaired) electrons. The number of fused-ring (bicyclic) bond motifs is 1. The van der Waals surface area contributed by atoms with Crippen LogP contribution in [-0.2, 0) is 4.79 Å². The molecular weight excluding hydrogens is 523 g/mol. The predicted molar refractivity (Wildman–Crippen MR) is 151 cm³/mol. The fraction of sp³-hybridized carbons (Fsp3) is 0.571. The highest BCUT2D eigenvalue weighted by Crippen LogP contribution is 2.33. The number of aliphatic carboxylic acids is 1. The zero-order valence-corrected chi connectivity index (χ0v) is 23.8. The topological polar surface area (TPSA) is 87.4 Å². The van der Waals surface area contributed by atoms with E-state index >= 15 is 0 Å². The Labute approximate surface area is 233 Å². The van der Waals surface area contributed by atoms with Crippen LogP contribution in [-0.4, -0.2) is 67.9 Å². The van der Waals surface area contributed by atoms with Gasteiger partial charge in [-0.2, -0.15) is 5.10 Å². The van der Waals surface area contributed by atoms with Gasteiger partial charge in [-0.15, -0.1) is 0 Å². The Balaban J connectivity index is 1.32. The minimum absolute atomic E-state index is 0.127. The first kappa shape index (κ1) is 27.2. The van der Waals surface area contributed by atoms with E-state index in [-0.39, 0.29) is 12.5 Å². The Kier molecular flexibility index (Phi) is 8.12. The fourth-order valence-corrected chi connectivity index (χ4v) is 6.85. The third-order valence-electron chi connectivity index (χ3n) is 8.31. The molecule has 2 fully saturated rings. The molecule has 0 amide bonds. The van der Waals surface area contributed by atoms with Gasteiger partial charge in [0.15, 0.2) is 5.65 Å². The van der Waals surface area contributed by atoms with Crippen LogP contribution in [0.3, 0.4) is 0 Å². The molecule has 4 heterocycles. The van der Waals surface area contributed by atoms with Crippen molar-refractivity contribution in [3.8, 4) is 0 Å². The maximum atomic E-state index is 11.0. The highest BCUT2D eigenvalue weighted by Gasteiger charge is 2.34. The molecule has 3 aromatic rings. The van der Waals surface area contributed by atoms with Crippen molar-refractivity contribution < 1.29 is 9.90 Å². The van der Waals surface area contributed by atoms with E-state index in [0.717, 1.165) is 80.1 Å². The molecule has 10 heteroatoms. The molecule has 2 aliphatic heterocycles. The average Bonchev–Trinajstić information content (AvgIpc) is 3.23. The molecule has 2 aliphatic rings. The number of benzene rings is 1. The van der Waals surface area contributed by atoms with E-state index in [2.05, 4.69) is 23.6 Å². The summed E-state index contributed by atoms with van der Waals surface area (Å²) in [5.41, 5.74) is 3.33. The zero-order chi connectivity index (χ0) is 27.0. The van der Waals surface area contributed by atoms with Gasteiger partial charge in [-0.1, -0.05) is 36.2 Å². The number of piperidine rings is 2. The maximum absolute atomic E-state index is 11.0. The average molecular weight is 560 g/mol. The molecule has 0 spiro atoms. The summed E-state index contributed by atoms with van der Waals surface area (Å²) in [6.45, 7) is 10.3. The molecule has 2 saturated heterocycles. The van der Waals surface area contributed by atoms with Crippen molar-refractivity contribution in [2.45, 2.75) is 65.0 Å². The second-order valence-corrected chi connectivity index (χ2v) is 11.8. The van der Waals surface area contributed by atoms with Crippen LogP contribution in [0.2, 0.25) is 10.0 Å². The van der Waals surface area contributed by atoms with Gasteiger partial charge in [0.2, 0.25) is 0 Å². The van der Waals surface area contributed by atoms with Crippen LogP contribution < -0.4 is 4.90 Å². The molecule has 38 heavy (non-hydrogen) atoms. The van der Waals surface area contributed by atoms with Crippen molar-refractivity contribution in [1.82, 2.24) is 24.6 Å². The molecule has 8 nitrogen and oxygen atoms in total. The predicted octanol–water partition coefficient (Wildman–Crippen LogP) is 5.84. The van der Waals surface area contributed by atoms with E-state index in [4.69, 9.17) is 43.4 Å². The summed E-state index contributed by atoms with van der Waals surface area (Å²) in [4.78, 5) is 25.8. The molecule has 3 unspecified atom stereocenters. The van der Waals surface area contributed by atoms with Crippen LogP contribution in [0.15, 0.2) is 24.4 Å². The van der Waals surface area contributed by atoms with Crippen molar-refractivity contribution in [2.24, 2.45) is 11.8 Å². The number of carboxylic acids is 1. The van der Waals surface area contributed by atoms with Crippen LogP contribution in [0.4, 0.5) is 5.82 Å². The van der Waals surface area contributed by atoms with Gasteiger partial charge in [-0.3, -0.25) is 9.69 Å². The zero-order valence-electron chi connectivity index (χ0n) is 22.3. The van der Waals surface area contributed by atoms with Gasteiger partial charge in [0.25, 0.3) is 0 Å². The van der Waals surface area contributed by atoms with Crippen LogP contribution in [0, 0.1) is 18.8 Å². The van der Waals surface area contributed by atoms with Crippen molar-refractivity contribution in [3.63, 3.8) is 0 Å². The number of hydrogen-bond acceptors (Lipinski definition) is 6. The molecule has 1 N–H and O–H groups in total. The summed E-state index contributed by atoms with van der Waals surface area (Å²) in [6.07, 6.45) is 6.27. The molecule has 1 aromatic carbocycles. The Morgan fingerprint density at radius 3 is 2.76 bits per heavy atom. The van der Waals surface area contributed by atoms with Crippen molar-refractivity contribution in [3.05, 3.63) is 45.7 Å². The number of likely N-dealkylation sites (tertiary alicyclic amines) is 1. The lowest BCUT2D eigenvalue weighted by molar-refractivity contribution is -0.137. The Hall–Kier alpha value is -2.42. The third kappa shape index (κ3) is 5.63. The first-order chi connectivity index (χ1) is 18.2. The number of carboxylic acid groups (broad SMARTS) is 1. The van der Waals surface area contributed by atoms with E-state index in [0.29, 0.717) is 27.9 Å². The number of carbonyl (C=O) groups is 1. The molecule has 2 aromatic heterocycles. The smallest absolute Gasteiger partial charge is 0.303 e. The quantitative estimate of drug-likeness (QED) is 0.389. The SMILES string of the molecule is Cc1nn([C@H](C)c2ccc(Cl)cc2Cl)c2nc(N3CCC(N4CCCC(CCC(=O)O)C4)C(C)C3)cnc12. The summed E-state index contributed by atoms with van der Waals surface area (Å²) in [6, 6.07) is 5.92. The number of anilines is 1. The normalized spacial score (nSPS) is 23.6. The van der Waals surface area contributed by atoms with Crippen LogP contribution >= 0.6 is 23.2 Å². The van der Waals surface area contributed by atoms with E-state index < -0.39 is 5.97 Å². The van der Waals surface area contributed by atoms with Crippen molar-refractivity contribution >= 4 is 46.2 Å². The second kappa shape index (κ2) is 11.4. The lowest BCUT2D eigenvalue weighted by atomic mass is 9.87. The number of aryl methyl sites for hydroxylation is 1. The molecule has 4 atom stereocenters. The maximum Gasteiger partial charge on any atom is 0.303 e. The molecule has 204 valence electrons. The Morgan fingerprint density at radius 1 is 1.21 bits per heavy atom. The van der Waals surface area contributed by atoms with Gasteiger partial charge >= 0.3 is 5.97 Å². The monoisotopic (exact) mass is 558 g/mol. The van der Waals surface area contributed by atoms with E-state index in [1.807, 2.05) is 29.9 Å². The van der Waals surface area contributed by atoms with Gasteiger partial charge in [0.05, 0.1) is 17.9 Å². The molecule has 5 rings (SSSR count). The summed E-state index contributed by atoms with van der Waals surface area (Å²) in [5.74, 6) is 1.14. The first-order valence-corrected chi connectivity index (χ1v) is 14.3. The highest BCUT2D eigenvalue weighted by molar-refractivity contribution is 6.35. The van der Waals surface area contributed by atoms with Crippen molar-refractivity contribution in [1.29, 1.82) is 0 Å². The van der Waals surface area contributed by atoms with Crippen LogP contribution in [0.5, 0.6) is 0 Å². The molecule has 0 aliphatic carbocycles. The second-order valence-electron chi connectivity index (χ2n) is 11.0. The summed E-state index contributed by atoms with van der Waals surface area (Å²) in [7, 11) is 0. The molecule has 0 saturated carbocycles. The summed E-state index contributed by atoms with van der Waals surface area (Å²) < 4.78 is 1.91. The van der Waals surface area contributed by atoms with Crippen LogP contribution in [0.25, 0.3) is 11.2 Å². The van der Waals surface area contributed by atoms with Gasteiger partial charge < -0.3 is 10.0 Å². The number of aromatic nitrogens is 4. The summed E-state index contributed by atoms with van der Waals surface area (Å²) in [5, 5.41) is 15.1. The minimum Gasteiger partial charge on any atom is -0.481 e. The van der Waals surface area contributed by atoms with Crippen molar-refractivity contribution in [2.75, 3.05) is 31.1 Å². The lowest BCUT2D eigenvalue weighted by Gasteiger charge is -2.46. The van der Waals surface area contributed by atoms with E-state index in [9.17, 15) is 4.79 Å². The fourth-order valence-electron chi connectivity index (χ4n) is 6.28. The van der Waals surface area contributed by atoms with Crippen LogP contribution in [0.1, 0.15) is 63.3 Å². The van der Waals surface area contributed by atoms with Gasteiger partial charge in [0, 0.05) is 42.1 Å². The summed E-state index contributed by atoms with van der Waals surface area (Å²) >= 11 is 12.6. The Morgan fingerprint density at radius 2 is 2.03 bits per heavy atom. The molecule has 0 bridgehead atoms. The molecular formula is C28H36Cl2N6O2. The number of halogens is 2. The van der Waals surface area contributed by atoms with E-state index in [1.165, 1.54) is 0 Å². The number of rotatable bonds is 7. The largest absolute Gasteiger partial charge is 0.481 e. The highest BCUT2D eigenvalue weighted by atomic mass is 35.5. The number of nitrogens with zero attached hydrogens (tertiary/aromatic N) is 6. The van der Waals surface area contributed by atoms with E-state index in [1.54, 1.807) is 6.07 Å².